The summed E-state index contributed by atoms with van der Waals surface area (Å²) in [5.41, 5.74) is -0.655. The molecule has 0 unspecified atom stereocenters. The van der Waals surface area contributed by atoms with Crippen LogP contribution in [0.1, 0.15) is 5.56 Å². The number of hydrogen-bond acceptors (Lipinski definition) is 2. The van der Waals surface area contributed by atoms with Gasteiger partial charge in [0.2, 0.25) is 6.10 Å². The van der Waals surface area contributed by atoms with Crippen molar-refractivity contribution in [2.24, 2.45) is 0 Å². The Morgan fingerprint density at radius 2 is 2.06 bits per heavy atom. The summed E-state index contributed by atoms with van der Waals surface area (Å²) in [5.74, 6) is -1.73. The molecule has 0 fully saturated rings. The number of hydrogen-bond donors (Lipinski definition) is 1. The maximum atomic E-state index is 12.7. The van der Waals surface area contributed by atoms with E-state index >= 15 is 0 Å². The summed E-state index contributed by atoms with van der Waals surface area (Å²) in [4.78, 5) is 10.8. The summed E-state index contributed by atoms with van der Waals surface area (Å²) >= 11 is 5.68. The minimum atomic E-state index is -4.79. The van der Waals surface area contributed by atoms with E-state index in [9.17, 15) is 18.0 Å². The zero-order valence-electron chi connectivity index (χ0n) is 8.66. The number of halogens is 4. The van der Waals surface area contributed by atoms with E-state index in [1.54, 1.807) is 0 Å². The number of rotatable bonds is 1. The summed E-state index contributed by atoms with van der Waals surface area (Å²) in [6, 6.07) is 3.98. The highest BCUT2D eigenvalue weighted by Crippen LogP contribution is 2.38. The molecule has 0 aromatic heterocycles. The number of carboxylic acids is 1. The Kier molecular flexibility index (Phi) is 2.98. The van der Waals surface area contributed by atoms with Gasteiger partial charge in [-0.2, -0.15) is 13.2 Å². The zero-order chi connectivity index (χ0) is 13.5. The molecule has 0 saturated heterocycles. The van der Waals surface area contributed by atoms with Crippen LogP contribution in [0.2, 0.25) is 5.02 Å². The molecule has 7 heteroatoms. The maximum Gasteiger partial charge on any atom is 0.430 e. The van der Waals surface area contributed by atoms with Gasteiger partial charge < -0.3 is 9.84 Å². The molecule has 1 atom stereocenters. The van der Waals surface area contributed by atoms with E-state index in [1.807, 2.05) is 0 Å². The minimum Gasteiger partial charge on any atom is -0.478 e. The van der Waals surface area contributed by atoms with E-state index in [1.165, 1.54) is 18.2 Å². The van der Waals surface area contributed by atoms with Crippen LogP contribution in [-0.2, 0) is 4.79 Å². The zero-order valence-corrected chi connectivity index (χ0v) is 9.42. The molecular weight excluding hydrogens is 273 g/mol. The van der Waals surface area contributed by atoms with Gasteiger partial charge in [-0.3, -0.25) is 0 Å². The first kappa shape index (κ1) is 12.8. The van der Waals surface area contributed by atoms with Crippen LogP contribution in [0.3, 0.4) is 0 Å². The highest BCUT2D eigenvalue weighted by molar-refractivity contribution is 6.30. The predicted octanol–water partition coefficient (Wildman–Crippen LogP) is 3.13. The van der Waals surface area contributed by atoms with E-state index in [-0.39, 0.29) is 16.3 Å². The Labute approximate surface area is 104 Å². The number of carbonyl (C=O) groups is 1. The van der Waals surface area contributed by atoms with Gasteiger partial charge in [-0.1, -0.05) is 11.6 Å². The Balaban J connectivity index is 2.53. The van der Waals surface area contributed by atoms with Crippen molar-refractivity contribution in [1.82, 2.24) is 0 Å². The van der Waals surface area contributed by atoms with Crippen LogP contribution in [-0.4, -0.2) is 23.4 Å². The van der Waals surface area contributed by atoms with Crippen molar-refractivity contribution >= 4 is 23.6 Å². The van der Waals surface area contributed by atoms with Gasteiger partial charge in [0.15, 0.2) is 0 Å². The lowest BCUT2D eigenvalue weighted by molar-refractivity contribution is -0.187. The smallest absolute Gasteiger partial charge is 0.430 e. The molecule has 2 rings (SSSR count). The van der Waals surface area contributed by atoms with Crippen molar-refractivity contribution in [3.05, 3.63) is 34.4 Å². The molecule has 0 bridgehead atoms. The van der Waals surface area contributed by atoms with E-state index in [0.717, 1.165) is 6.08 Å². The molecule has 0 radical (unpaired) electrons. The number of fused-ring (bicyclic) bond motifs is 1. The van der Waals surface area contributed by atoms with Crippen molar-refractivity contribution in [3.8, 4) is 5.75 Å². The Hall–Kier alpha value is -1.69. The largest absolute Gasteiger partial charge is 0.478 e. The molecule has 1 N–H and O–H groups in total. The van der Waals surface area contributed by atoms with E-state index in [0.29, 0.717) is 0 Å². The fraction of sp³-hybridized carbons (Fsp3) is 0.182. The first-order valence-electron chi connectivity index (χ1n) is 4.77. The Morgan fingerprint density at radius 3 is 2.61 bits per heavy atom. The Bertz CT molecular complexity index is 537. The number of benzene rings is 1. The number of carboxylic acid groups (broad SMARTS) is 1. The highest BCUT2D eigenvalue weighted by atomic mass is 35.5. The second-order valence-electron chi connectivity index (χ2n) is 3.63. The van der Waals surface area contributed by atoms with Crippen LogP contribution in [0.25, 0.3) is 6.08 Å². The first-order valence-corrected chi connectivity index (χ1v) is 5.14. The minimum absolute atomic E-state index is 0.0493. The maximum absolute atomic E-state index is 12.7. The molecule has 18 heavy (non-hydrogen) atoms. The molecule has 96 valence electrons. The van der Waals surface area contributed by atoms with Gasteiger partial charge in [0.1, 0.15) is 5.75 Å². The van der Waals surface area contributed by atoms with Crippen molar-refractivity contribution in [2.45, 2.75) is 12.3 Å². The monoisotopic (exact) mass is 278 g/mol. The van der Waals surface area contributed by atoms with E-state index in [4.69, 9.17) is 21.4 Å². The molecule has 1 aliphatic heterocycles. The summed E-state index contributed by atoms with van der Waals surface area (Å²) in [6.07, 6.45) is -6.34. The third-order valence-corrected chi connectivity index (χ3v) is 2.59. The molecule has 0 aliphatic carbocycles. The third-order valence-electron chi connectivity index (χ3n) is 2.35. The molecule has 0 spiro atoms. The van der Waals surface area contributed by atoms with Crippen molar-refractivity contribution in [1.29, 1.82) is 0 Å². The van der Waals surface area contributed by atoms with Crippen molar-refractivity contribution < 1.29 is 27.8 Å². The highest BCUT2D eigenvalue weighted by Gasteiger charge is 2.48. The van der Waals surface area contributed by atoms with Crippen molar-refractivity contribution in [3.63, 3.8) is 0 Å². The SMILES string of the molecule is O=C(O)C1=Cc2cc(Cl)ccc2O[C@@H]1C(F)(F)F. The van der Waals surface area contributed by atoms with Crippen LogP contribution in [0.5, 0.6) is 5.75 Å². The molecule has 1 heterocycles. The summed E-state index contributed by atoms with van der Waals surface area (Å²) in [7, 11) is 0. The lowest BCUT2D eigenvalue weighted by Gasteiger charge is -2.26. The second kappa shape index (κ2) is 4.20. The fourth-order valence-electron chi connectivity index (χ4n) is 1.59. The summed E-state index contributed by atoms with van der Waals surface area (Å²) in [6.45, 7) is 0. The van der Waals surface area contributed by atoms with Crippen LogP contribution in [0, 0.1) is 0 Å². The average molecular weight is 279 g/mol. The first-order chi connectivity index (χ1) is 8.29. The van der Waals surface area contributed by atoms with Gasteiger partial charge in [0.25, 0.3) is 0 Å². The van der Waals surface area contributed by atoms with Gasteiger partial charge >= 0.3 is 12.1 Å². The normalized spacial score (nSPS) is 18.7. The van der Waals surface area contributed by atoms with E-state index in [2.05, 4.69) is 0 Å². The van der Waals surface area contributed by atoms with E-state index < -0.39 is 23.8 Å². The average Bonchev–Trinajstić information content (AvgIpc) is 2.25. The number of ether oxygens (including phenoxy) is 1. The number of alkyl halides is 3. The molecular formula is C11H6ClF3O3. The number of aliphatic carboxylic acids is 1. The Morgan fingerprint density at radius 1 is 1.39 bits per heavy atom. The molecule has 0 amide bonds. The van der Waals surface area contributed by atoms with Gasteiger partial charge in [-0.05, 0) is 24.3 Å². The van der Waals surface area contributed by atoms with Crippen LogP contribution < -0.4 is 4.74 Å². The van der Waals surface area contributed by atoms with Crippen LogP contribution >= 0.6 is 11.6 Å². The lowest BCUT2D eigenvalue weighted by Crippen LogP contribution is -2.40. The van der Waals surface area contributed by atoms with Gasteiger partial charge in [-0.25, -0.2) is 4.79 Å². The summed E-state index contributed by atoms with van der Waals surface area (Å²) in [5, 5.41) is 9.07. The molecule has 1 aromatic rings. The molecule has 3 nitrogen and oxygen atoms in total. The second-order valence-corrected chi connectivity index (χ2v) is 4.06. The topological polar surface area (TPSA) is 46.5 Å². The van der Waals surface area contributed by atoms with Gasteiger partial charge in [-0.15, -0.1) is 0 Å². The third kappa shape index (κ3) is 2.28. The van der Waals surface area contributed by atoms with Gasteiger partial charge in [0, 0.05) is 10.6 Å². The lowest BCUT2D eigenvalue weighted by atomic mass is 10.0. The molecule has 0 saturated carbocycles. The van der Waals surface area contributed by atoms with Crippen LogP contribution in [0.4, 0.5) is 13.2 Å². The quantitative estimate of drug-likeness (QED) is 0.858. The predicted molar refractivity (Wildman–Crippen MR) is 57.5 cm³/mol. The molecule has 1 aliphatic rings. The standard InChI is InChI=1S/C11H6ClF3O3/c12-6-1-2-8-5(3-6)4-7(10(16)17)9(18-8)11(13,14)15/h1-4,9H,(H,16,17)/t9-/m0/s1. The fourth-order valence-corrected chi connectivity index (χ4v) is 1.77. The van der Waals surface area contributed by atoms with Gasteiger partial charge in [0.05, 0.1) is 5.57 Å². The van der Waals surface area contributed by atoms with Crippen molar-refractivity contribution in [2.75, 3.05) is 0 Å². The van der Waals surface area contributed by atoms with Crippen LogP contribution in [0.15, 0.2) is 23.8 Å². The molecule has 1 aromatic carbocycles. The summed E-state index contributed by atoms with van der Waals surface area (Å²) < 4.78 is 42.7.